The first-order valence-electron chi connectivity index (χ1n) is 9.15. The standard InChI is InChI=1S/C19H25ClFN3OS.ClH/c1-13(25)24(17-11-14(20)9-10-16(17)21)18-12-26-19(23(18)2)22-15-7-5-3-4-6-8-15;/h9-11,15,18H,3-8,12H2,1-2H3;1H. The van der Waals surface area contributed by atoms with E-state index in [2.05, 4.69) is 0 Å². The summed E-state index contributed by atoms with van der Waals surface area (Å²) in [6, 6.07) is 4.66. The van der Waals surface area contributed by atoms with Crippen molar-refractivity contribution in [3.8, 4) is 0 Å². The maximum Gasteiger partial charge on any atom is 0.225 e. The molecule has 2 fully saturated rings. The van der Waals surface area contributed by atoms with E-state index in [-0.39, 0.29) is 30.2 Å². The third-order valence-electron chi connectivity index (χ3n) is 5.03. The van der Waals surface area contributed by atoms with Gasteiger partial charge in [0, 0.05) is 24.7 Å². The van der Waals surface area contributed by atoms with Crippen LogP contribution >= 0.6 is 35.8 Å². The highest BCUT2D eigenvalue weighted by Gasteiger charge is 2.36. The maximum absolute atomic E-state index is 14.4. The number of anilines is 1. The van der Waals surface area contributed by atoms with E-state index in [4.69, 9.17) is 16.6 Å². The van der Waals surface area contributed by atoms with Gasteiger partial charge in [0.2, 0.25) is 5.91 Å². The summed E-state index contributed by atoms with van der Waals surface area (Å²) in [5.74, 6) is 0.00428. The van der Waals surface area contributed by atoms with Crippen LogP contribution in [0.25, 0.3) is 0 Å². The lowest BCUT2D eigenvalue weighted by Gasteiger charge is -2.33. The number of amidine groups is 1. The zero-order valence-electron chi connectivity index (χ0n) is 15.7. The molecule has 1 aliphatic carbocycles. The molecule has 1 unspecified atom stereocenters. The Kier molecular flexibility index (Phi) is 8.25. The smallest absolute Gasteiger partial charge is 0.225 e. The predicted molar refractivity (Wildman–Crippen MR) is 115 cm³/mol. The quantitative estimate of drug-likeness (QED) is 0.603. The second kappa shape index (κ2) is 9.99. The van der Waals surface area contributed by atoms with Gasteiger partial charge in [-0.25, -0.2) is 4.39 Å². The van der Waals surface area contributed by atoms with Gasteiger partial charge in [-0.1, -0.05) is 49.0 Å². The second-order valence-electron chi connectivity index (χ2n) is 6.94. The predicted octanol–water partition coefficient (Wildman–Crippen LogP) is 5.34. The molecule has 0 spiro atoms. The Morgan fingerprint density at radius 3 is 2.59 bits per heavy atom. The van der Waals surface area contributed by atoms with Gasteiger partial charge in [0.05, 0.1) is 11.7 Å². The van der Waals surface area contributed by atoms with Crippen LogP contribution in [0.5, 0.6) is 0 Å². The molecule has 1 heterocycles. The average Bonchev–Trinajstić information content (AvgIpc) is 2.80. The number of benzene rings is 1. The van der Waals surface area contributed by atoms with Gasteiger partial charge in [0.1, 0.15) is 12.0 Å². The summed E-state index contributed by atoms with van der Waals surface area (Å²) in [5.41, 5.74) is 0.221. The Morgan fingerprint density at radius 2 is 1.96 bits per heavy atom. The van der Waals surface area contributed by atoms with Crippen molar-refractivity contribution in [1.82, 2.24) is 4.90 Å². The third kappa shape index (κ3) is 5.30. The fraction of sp³-hybridized carbons (Fsp3) is 0.579. The van der Waals surface area contributed by atoms with Gasteiger partial charge in [-0.3, -0.25) is 14.7 Å². The Bertz CT molecular complexity index is 696. The van der Waals surface area contributed by atoms with Crippen molar-refractivity contribution in [2.24, 2.45) is 4.99 Å². The Balaban J connectivity index is 0.00000261. The van der Waals surface area contributed by atoms with Crippen molar-refractivity contribution >= 4 is 52.5 Å². The molecule has 8 heteroatoms. The Labute approximate surface area is 175 Å². The van der Waals surface area contributed by atoms with Crippen molar-refractivity contribution in [1.29, 1.82) is 0 Å². The fourth-order valence-corrected chi connectivity index (χ4v) is 5.01. The van der Waals surface area contributed by atoms with Crippen molar-refractivity contribution < 1.29 is 9.18 Å². The molecule has 1 atom stereocenters. The minimum absolute atomic E-state index is 0. The highest BCUT2D eigenvalue weighted by molar-refractivity contribution is 8.14. The lowest BCUT2D eigenvalue weighted by atomic mass is 10.1. The van der Waals surface area contributed by atoms with E-state index in [0.717, 1.165) is 18.0 Å². The second-order valence-corrected chi connectivity index (χ2v) is 8.37. The first-order valence-corrected chi connectivity index (χ1v) is 10.5. The number of thioether (sulfide) groups is 1. The zero-order valence-corrected chi connectivity index (χ0v) is 18.0. The van der Waals surface area contributed by atoms with Gasteiger partial charge in [0.25, 0.3) is 0 Å². The molecule has 2 aliphatic rings. The normalized spacial score (nSPS) is 22.4. The lowest BCUT2D eigenvalue weighted by Crippen LogP contribution is -2.48. The Hall–Kier alpha value is -0.980. The molecule has 3 rings (SSSR count). The van der Waals surface area contributed by atoms with Gasteiger partial charge in [0.15, 0.2) is 5.17 Å². The molecular weight excluding hydrogens is 408 g/mol. The summed E-state index contributed by atoms with van der Waals surface area (Å²) in [7, 11) is 1.93. The molecule has 0 N–H and O–H groups in total. The monoisotopic (exact) mass is 433 g/mol. The molecule has 4 nitrogen and oxygen atoms in total. The Morgan fingerprint density at radius 1 is 1.30 bits per heavy atom. The molecule has 27 heavy (non-hydrogen) atoms. The van der Waals surface area contributed by atoms with E-state index >= 15 is 0 Å². The molecule has 0 bridgehead atoms. The van der Waals surface area contributed by atoms with E-state index in [1.54, 1.807) is 11.8 Å². The van der Waals surface area contributed by atoms with Gasteiger partial charge in [-0.2, -0.15) is 0 Å². The number of carbonyl (C=O) groups excluding carboxylic acids is 1. The number of halogens is 3. The van der Waals surface area contributed by atoms with Crippen LogP contribution in [0.15, 0.2) is 23.2 Å². The SMILES string of the molecule is CC(=O)N(c1cc(Cl)ccc1F)C1CSC(=NC2CCCCCC2)N1C.Cl. The molecule has 1 aromatic rings. The summed E-state index contributed by atoms with van der Waals surface area (Å²) in [5, 5.41) is 1.35. The van der Waals surface area contributed by atoms with Crippen molar-refractivity contribution in [2.75, 3.05) is 17.7 Å². The minimum atomic E-state index is -0.447. The number of amides is 1. The van der Waals surface area contributed by atoms with Crippen LogP contribution in [-0.2, 0) is 4.79 Å². The summed E-state index contributed by atoms with van der Waals surface area (Å²) in [4.78, 5) is 20.8. The first kappa shape index (κ1) is 22.3. The van der Waals surface area contributed by atoms with Crippen LogP contribution in [0.1, 0.15) is 45.4 Å². The van der Waals surface area contributed by atoms with Crippen LogP contribution in [0.3, 0.4) is 0 Å². The third-order valence-corrected chi connectivity index (χ3v) is 6.38. The molecular formula is C19H26Cl2FN3OS. The summed E-state index contributed by atoms with van der Waals surface area (Å²) >= 11 is 7.67. The number of nitrogens with zero attached hydrogens (tertiary/aromatic N) is 3. The van der Waals surface area contributed by atoms with E-state index in [9.17, 15) is 9.18 Å². The van der Waals surface area contributed by atoms with Crippen LogP contribution in [0.2, 0.25) is 5.02 Å². The molecule has 0 radical (unpaired) electrons. The molecule has 0 aromatic heterocycles. The highest BCUT2D eigenvalue weighted by atomic mass is 35.5. The average molecular weight is 434 g/mol. The van der Waals surface area contributed by atoms with Crippen molar-refractivity contribution in [3.05, 3.63) is 29.0 Å². The summed E-state index contributed by atoms with van der Waals surface area (Å²) in [6.45, 7) is 1.46. The molecule has 1 amide bonds. The molecule has 1 aliphatic heterocycles. The largest absolute Gasteiger partial charge is 0.333 e. The molecule has 1 aromatic carbocycles. The van der Waals surface area contributed by atoms with Gasteiger partial charge >= 0.3 is 0 Å². The van der Waals surface area contributed by atoms with E-state index in [0.29, 0.717) is 16.8 Å². The van der Waals surface area contributed by atoms with E-state index < -0.39 is 5.82 Å². The molecule has 1 saturated carbocycles. The highest BCUT2D eigenvalue weighted by Crippen LogP contribution is 2.33. The zero-order chi connectivity index (χ0) is 18.7. The summed E-state index contributed by atoms with van der Waals surface area (Å²) in [6.07, 6.45) is 7.02. The molecule has 1 saturated heterocycles. The first-order chi connectivity index (χ1) is 12.5. The maximum atomic E-state index is 14.4. The van der Waals surface area contributed by atoms with Gasteiger partial charge in [-0.15, -0.1) is 12.4 Å². The van der Waals surface area contributed by atoms with Gasteiger partial charge < -0.3 is 4.90 Å². The minimum Gasteiger partial charge on any atom is -0.333 e. The fourth-order valence-electron chi connectivity index (χ4n) is 3.62. The van der Waals surface area contributed by atoms with Crippen molar-refractivity contribution in [2.45, 2.75) is 57.7 Å². The van der Waals surface area contributed by atoms with E-state index in [1.807, 2.05) is 11.9 Å². The van der Waals surface area contributed by atoms with Crippen molar-refractivity contribution in [3.63, 3.8) is 0 Å². The number of carbonyl (C=O) groups is 1. The van der Waals surface area contributed by atoms with Crippen LogP contribution in [0.4, 0.5) is 10.1 Å². The van der Waals surface area contributed by atoms with Crippen LogP contribution < -0.4 is 4.90 Å². The summed E-state index contributed by atoms with van der Waals surface area (Å²) < 4.78 is 14.4. The number of hydrogen-bond acceptors (Lipinski definition) is 3. The van der Waals surface area contributed by atoms with Crippen LogP contribution in [0, 0.1) is 5.82 Å². The number of aliphatic imine (C=N–C) groups is 1. The topological polar surface area (TPSA) is 35.9 Å². The van der Waals surface area contributed by atoms with Crippen LogP contribution in [-0.4, -0.2) is 41.0 Å². The molecule has 150 valence electrons. The number of rotatable bonds is 3. The lowest BCUT2D eigenvalue weighted by molar-refractivity contribution is -0.117. The van der Waals surface area contributed by atoms with Gasteiger partial charge in [-0.05, 0) is 31.0 Å². The number of hydrogen-bond donors (Lipinski definition) is 0. The van der Waals surface area contributed by atoms with E-state index in [1.165, 1.54) is 55.7 Å².